The largest absolute Gasteiger partial charge is 0.341 e. The summed E-state index contributed by atoms with van der Waals surface area (Å²) in [6.07, 6.45) is 0. The van der Waals surface area contributed by atoms with Gasteiger partial charge in [0.2, 0.25) is 0 Å². The van der Waals surface area contributed by atoms with Gasteiger partial charge >= 0.3 is 0 Å². The molecule has 1 N–H and O–H groups in total. The first-order chi connectivity index (χ1) is 12.8. The fourth-order valence-electron chi connectivity index (χ4n) is 3.29. The van der Waals surface area contributed by atoms with Gasteiger partial charge in [-0.1, -0.05) is 91.0 Å². The van der Waals surface area contributed by atoms with E-state index in [1.165, 1.54) is 5.39 Å². The molecule has 126 valence electrons. The Morgan fingerprint density at radius 2 is 1.27 bits per heavy atom. The van der Waals surface area contributed by atoms with Gasteiger partial charge in [-0.25, -0.2) is 0 Å². The van der Waals surface area contributed by atoms with Gasteiger partial charge < -0.3 is 5.32 Å². The molecule has 4 rings (SSSR count). The number of fused-ring (bicyclic) bond motifs is 1. The first-order valence-electron chi connectivity index (χ1n) is 8.71. The molecule has 0 fully saturated rings. The van der Waals surface area contributed by atoms with Crippen LogP contribution in [-0.2, 0) is 0 Å². The summed E-state index contributed by atoms with van der Waals surface area (Å²) < 4.78 is 0. The molecule has 4 aromatic carbocycles. The Balaban J connectivity index is 1.80. The van der Waals surface area contributed by atoms with Crippen molar-refractivity contribution in [1.82, 2.24) is 5.32 Å². The van der Waals surface area contributed by atoms with Crippen molar-refractivity contribution in [2.75, 3.05) is 0 Å². The zero-order chi connectivity index (χ0) is 17.8. The Morgan fingerprint density at radius 3 is 2.04 bits per heavy atom. The second kappa shape index (κ2) is 7.24. The van der Waals surface area contributed by atoms with Crippen molar-refractivity contribution in [3.8, 4) is 0 Å². The maximum Gasteiger partial charge on any atom is 0.252 e. The van der Waals surface area contributed by atoms with Crippen LogP contribution in [0.5, 0.6) is 0 Å². The third-order valence-corrected chi connectivity index (χ3v) is 4.58. The first-order valence-corrected chi connectivity index (χ1v) is 8.71. The second-order valence-corrected chi connectivity index (χ2v) is 6.25. The summed E-state index contributed by atoms with van der Waals surface area (Å²) in [5, 5.41) is 5.54. The van der Waals surface area contributed by atoms with Crippen LogP contribution in [0, 0.1) is 0 Å². The van der Waals surface area contributed by atoms with Crippen molar-refractivity contribution in [2.45, 2.75) is 6.04 Å². The molecule has 1 atom stereocenters. The highest BCUT2D eigenvalue weighted by molar-refractivity contribution is 5.95. The van der Waals surface area contributed by atoms with E-state index in [9.17, 15) is 4.79 Å². The minimum Gasteiger partial charge on any atom is -0.341 e. The number of carbonyl (C=O) groups excluding carboxylic acids is 1. The minimum atomic E-state index is -0.213. The average molecular weight is 337 g/mol. The van der Waals surface area contributed by atoms with Crippen molar-refractivity contribution in [1.29, 1.82) is 0 Å². The molecule has 0 heterocycles. The van der Waals surface area contributed by atoms with Crippen molar-refractivity contribution >= 4 is 16.7 Å². The lowest BCUT2D eigenvalue weighted by Crippen LogP contribution is -2.29. The fourth-order valence-corrected chi connectivity index (χ4v) is 3.29. The Kier molecular flexibility index (Phi) is 4.48. The van der Waals surface area contributed by atoms with Gasteiger partial charge in [0.25, 0.3) is 5.91 Å². The van der Waals surface area contributed by atoms with Crippen LogP contribution < -0.4 is 5.32 Å². The summed E-state index contributed by atoms with van der Waals surface area (Å²) in [6.45, 7) is 0. The van der Waals surface area contributed by atoms with Crippen molar-refractivity contribution in [3.05, 3.63) is 120 Å². The molecule has 0 bridgehead atoms. The molecule has 0 aromatic heterocycles. The molecule has 1 amide bonds. The quantitative estimate of drug-likeness (QED) is 0.534. The number of hydrogen-bond acceptors (Lipinski definition) is 1. The van der Waals surface area contributed by atoms with Gasteiger partial charge in [-0.15, -0.1) is 0 Å². The van der Waals surface area contributed by atoms with E-state index in [4.69, 9.17) is 0 Å². The monoisotopic (exact) mass is 337 g/mol. The summed E-state index contributed by atoms with van der Waals surface area (Å²) in [5.74, 6) is -0.0765. The van der Waals surface area contributed by atoms with E-state index in [1.54, 1.807) is 0 Å². The summed E-state index contributed by atoms with van der Waals surface area (Å²) in [4.78, 5) is 12.8. The fraction of sp³-hybridized carbons (Fsp3) is 0.0417. The van der Waals surface area contributed by atoms with Crippen molar-refractivity contribution in [3.63, 3.8) is 0 Å². The van der Waals surface area contributed by atoms with Crippen LogP contribution in [0.15, 0.2) is 103 Å². The van der Waals surface area contributed by atoms with Crippen LogP contribution in [0.1, 0.15) is 27.5 Å². The van der Waals surface area contributed by atoms with Crippen LogP contribution in [0.25, 0.3) is 10.8 Å². The van der Waals surface area contributed by atoms with Crippen LogP contribution >= 0.6 is 0 Å². The number of benzene rings is 4. The maximum absolute atomic E-state index is 12.8. The van der Waals surface area contributed by atoms with Gasteiger partial charge in [-0.05, 0) is 34.0 Å². The van der Waals surface area contributed by atoms with Crippen LogP contribution in [-0.4, -0.2) is 5.91 Å². The van der Waals surface area contributed by atoms with E-state index < -0.39 is 0 Å². The van der Waals surface area contributed by atoms with Crippen LogP contribution in [0.4, 0.5) is 0 Å². The molecule has 26 heavy (non-hydrogen) atoms. The molecule has 2 nitrogen and oxygen atoms in total. The van der Waals surface area contributed by atoms with Crippen molar-refractivity contribution in [2.24, 2.45) is 0 Å². The van der Waals surface area contributed by atoms with E-state index in [-0.39, 0.29) is 11.9 Å². The van der Waals surface area contributed by atoms with E-state index in [1.807, 2.05) is 66.7 Å². The molecule has 0 radical (unpaired) electrons. The predicted molar refractivity (Wildman–Crippen MR) is 106 cm³/mol. The lowest BCUT2D eigenvalue weighted by molar-refractivity contribution is 0.0943. The minimum absolute atomic E-state index is 0.0765. The zero-order valence-electron chi connectivity index (χ0n) is 14.3. The standard InChI is InChI=1S/C24H19NO/c26-24(20-13-5-2-6-14-20)25-23(19-11-3-1-4-12-19)22-17-9-15-18-10-7-8-16-21(18)22/h1-17,23H,(H,25,26). The highest BCUT2D eigenvalue weighted by atomic mass is 16.1. The summed E-state index contributed by atoms with van der Waals surface area (Å²) in [7, 11) is 0. The molecular weight excluding hydrogens is 318 g/mol. The number of hydrogen-bond donors (Lipinski definition) is 1. The molecule has 0 aliphatic heterocycles. The molecule has 0 spiro atoms. The van der Waals surface area contributed by atoms with Gasteiger partial charge in [0, 0.05) is 5.56 Å². The SMILES string of the molecule is O=C(NC(c1ccccc1)c1cccc2ccccc12)c1ccccc1. The molecule has 0 saturated heterocycles. The molecule has 0 aliphatic carbocycles. The van der Waals surface area contributed by atoms with Crippen LogP contribution in [0.3, 0.4) is 0 Å². The highest BCUT2D eigenvalue weighted by Crippen LogP contribution is 2.29. The third-order valence-electron chi connectivity index (χ3n) is 4.58. The van der Waals surface area contributed by atoms with Gasteiger partial charge in [0.15, 0.2) is 0 Å². The summed E-state index contributed by atoms with van der Waals surface area (Å²) in [6, 6.07) is 33.7. The Hall–Kier alpha value is -3.39. The normalized spacial score (nSPS) is 11.8. The van der Waals surface area contributed by atoms with Gasteiger partial charge in [-0.3, -0.25) is 4.79 Å². The van der Waals surface area contributed by atoms with Gasteiger partial charge in [0.1, 0.15) is 0 Å². The van der Waals surface area contributed by atoms with Gasteiger partial charge in [-0.2, -0.15) is 0 Å². The summed E-state index contributed by atoms with van der Waals surface area (Å²) >= 11 is 0. The average Bonchev–Trinajstić information content (AvgIpc) is 2.73. The van der Waals surface area contributed by atoms with Gasteiger partial charge in [0.05, 0.1) is 6.04 Å². The number of carbonyl (C=O) groups is 1. The maximum atomic E-state index is 12.8. The highest BCUT2D eigenvalue weighted by Gasteiger charge is 2.19. The van der Waals surface area contributed by atoms with E-state index in [0.717, 1.165) is 16.5 Å². The smallest absolute Gasteiger partial charge is 0.252 e. The third kappa shape index (κ3) is 3.22. The van der Waals surface area contributed by atoms with E-state index >= 15 is 0 Å². The summed E-state index contributed by atoms with van der Waals surface area (Å²) in [5.41, 5.74) is 2.82. The predicted octanol–water partition coefficient (Wildman–Crippen LogP) is 5.36. The Morgan fingerprint density at radius 1 is 0.654 bits per heavy atom. The Bertz CT molecular complexity index is 1020. The first kappa shape index (κ1) is 16.1. The number of nitrogens with one attached hydrogen (secondary N) is 1. The molecule has 0 saturated carbocycles. The van der Waals surface area contributed by atoms with E-state index in [2.05, 4.69) is 41.7 Å². The molecule has 0 aliphatic rings. The number of rotatable bonds is 4. The van der Waals surface area contributed by atoms with Crippen LogP contribution in [0.2, 0.25) is 0 Å². The second-order valence-electron chi connectivity index (χ2n) is 6.25. The number of amides is 1. The lowest BCUT2D eigenvalue weighted by Gasteiger charge is -2.21. The van der Waals surface area contributed by atoms with Crippen molar-refractivity contribution < 1.29 is 4.79 Å². The van der Waals surface area contributed by atoms with E-state index in [0.29, 0.717) is 5.56 Å². The zero-order valence-corrected chi connectivity index (χ0v) is 14.3. The Labute approximate surface area is 153 Å². The molecule has 2 heteroatoms. The topological polar surface area (TPSA) is 29.1 Å². The lowest BCUT2D eigenvalue weighted by atomic mass is 9.93. The molecule has 1 unspecified atom stereocenters. The molecule has 4 aromatic rings. The molecular formula is C24H19NO.